The summed E-state index contributed by atoms with van der Waals surface area (Å²) in [6.45, 7) is 3.98. The summed E-state index contributed by atoms with van der Waals surface area (Å²) < 4.78 is 5.41. The van der Waals surface area contributed by atoms with Crippen molar-refractivity contribution in [2.45, 2.75) is 19.4 Å². The van der Waals surface area contributed by atoms with E-state index in [1.807, 2.05) is 36.1 Å². The zero-order chi connectivity index (χ0) is 12.3. The van der Waals surface area contributed by atoms with E-state index in [2.05, 4.69) is 0 Å². The van der Waals surface area contributed by atoms with Crippen molar-refractivity contribution in [3.05, 3.63) is 29.8 Å². The average Bonchev–Trinajstić information content (AvgIpc) is 2.29. The van der Waals surface area contributed by atoms with Crippen LogP contribution in [0.3, 0.4) is 0 Å². The smallest absolute Gasteiger partial charge is 0.227 e. The number of morpholine rings is 1. The number of carbonyl (C=O) groups excluding carboxylic acids is 1. The lowest BCUT2D eigenvalue weighted by atomic mass is 10.1. The lowest BCUT2D eigenvalue weighted by molar-refractivity contribution is -0.137. The maximum absolute atomic E-state index is 12.1. The number of nitrogen functional groups attached to an aromatic ring is 1. The van der Waals surface area contributed by atoms with Gasteiger partial charge in [-0.1, -0.05) is 12.1 Å². The Kier molecular flexibility index (Phi) is 3.64. The van der Waals surface area contributed by atoms with Gasteiger partial charge in [0.25, 0.3) is 0 Å². The summed E-state index contributed by atoms with van der Waals surface area (Å²) in [4.78, 5) is 13.9. The number of nitrogens with two attached hydrogens (primary N) is 1. The van der Waals surface area contributed by atoms with Crippen LogP contribution >= 0.6 is 0 Å². The van der Waals surface area contributed by atoms with E-state index < -0.39 is 0 Å². The van der Waals surface area contributed by atoms with Crippen LogP contribution in [-0.4, -0.2) is 36.6 Å². The molecule has 0 saturated carbocycles. The predicted molar refractivity (Wildman–Crippen MR) is 66.6 cm³/mol. The van der Waals surface area contributed by atoms with Gasteiger partial charge >= 0.3 is 0 Å². The van der Waals surface area contributed by atoms with Crippen LogP contribution in [0.2, 0.25) is 0 Å². The van der Waals surface area contributed by atoms with E-state index in [1.54, 1.807) is 0 Å². The molecule has 1 unspecified atom stereocenters. The third kappa shape index (κ3) is 3.20. The summed E-state index contributed by atoms with van der Waals surface area (Å²) in [7, 11) is 0. The molecule has 2 N–H and O–H groups in total. The minimum Gasteiger partial charge on any atom is -0.399 e. The lowest BCUT2D eigenvalue weighted by Gasteiger charge is -2.31. The van der Waals surface area contributed by atoms with E-state index in [1.165, 1.54) is 0 Å². The number of rotatable bonds is 2. The lowest BCUT2D eigenvalue weighted by Crippen LogP contribution is -2.45. The number of hydrogen-bond acceptors (Lipinski definition) is 3. The molecule has 1 saturated heterocycles. The molecule has 1 aromatic carbocycles. The third-order valence-electron chi connectivity index (χ3n) is 2.90. The summed E-state index contributed by atoms with van der Waals surface area (Å²) in [6, 6.07) is 7.48. The largest absolute Gasteiger partial charge is 0.399 e. The molecular formula is C13H18N2O2. The first-order valence-electron chi connectivity index (χ1n) is 5.89. The highest BCUT2D eigenvalue weighted by molar-refractivity contribution is 5.79. The van der Waals surface area contributed by atoms with Gasteiger partial charge in [0.2, 0.25) is 5.91 Å². The molecule has 17 heavy (non-hydrogen) atoms. The first-order valence-corrected chi connectivity index (χ1v) is 5.89. The highest BCUT2D eigenvalue weighted by Crippen LogP contribution is 2.11. The van der Waals surface area contributed by atoms with Gasteiger partial charge in [0.05, 0.1) is 19.1 Å². The number of anilines is 1. The van der Waals surface area contributed by atoms with Crippen molar-refractivity contribution in [1.29, 1.82) is 0 Å². The first-order chi connectivity index (χ1) is 8.15. The van der Waals surface area contributed by atoms with Gasteiger partial charge in [0.15, 0.2) is 0 Å². The Morgan fingerprint density at radius 1 is 1.59 bits per heavy atom. The fourth-order valence-electron chi connectivity index (χ4n) is 2.03. The van der Waals surface area contributed by atoms with E-state index in [-0.39, 0.29) is 12.0 Å². The van der Waals surface area contributed by atoms with Crippen molar-refractivity contribution < 1.29 is 9.53 Å². The van der Waals surface area contributed by atoms with E-state index in [9.17, 15) is 4.79 Å². The second-order valence-corrected chi connectivity index (χ2v) is 4.44. The van der Waals surface area contributed by atoms with Gasteiger partial charge in [0, 0.05) is 18.8 Å². The molecule has 0 radical (unpaired) electrons. The normalized spacial score (nSPS) is 20.3. The summed E-state index contributed by atoms with van der Waals surface area (Å²) in [5.41, 5.74) is 7.36. The van der Waals surface area contributed by atoms with E-state index in [4.69, 9.17) is 10.5 Å². The summed E-state index contributed by atoms with van der Waals surface area (Å²) in [6.07, 6.45) is 0.547. The highest BCUT2D eigenvalue weighted by atomic mass is 16.5. The van der Waals surface area contributed by atoms with Gasteiger partial charge in [-0.2, -0.15) is 0 Å². The van der Waals surface area contributed by atoms with Crippen LogP contribution in [0.1, 0.15) is 12.5 Å². The fraction of sp³-hybridized carbons (Fsp3) is 0.462. The molecule has 4 heteroatoms. The zero-order valence-corrected chi connectivity index (χ0v) is 10.1. The number of amides is 1. The Bertz CT molecular complexity index is 406. The van der Waals surface area contributed by atoms with Crippen LogP contribution in [0.25, 0.3) is 0 Å². The monoisotopic (exact) mass is 234 g/mol. The van der Waals surface area contributed by atoms with E-state index >= 15 is 0 Å². The number of hydrogen-bond donors (Lipinski definition) is 1. The van der Waals surface area contributed by atoms with Crippen molar-refractivity contribution in [1.82, 2.24) is 4.90 Å². The maximum Gasteiger partial charge on any atom is 0.227 e. The Morgan fingerprint density at radius 2 is 2.41 bits per heavy atom. The number of benzene rings is 1. The van der Waals surface area contributed by atoms with Crippen molar-refractivity contribution in [2.24, 2.45) is 0 Å². The van der Waals surface area contributed by atoms with Gasteiger partial charge in [0.1, 0.15) is 0 Å². The topological polar surface area (TPSA) is 55.6 Å². The third-order valence-corrected chi connectivity index (χ3v) is 2.90. The minimum atomic E-state index is 0.133. The summed E-state index contributed by atoms with van der Waals surface area (Å²) in [5, 5.41) is 0. The second kappa shape index (κ2) is 5.19. The standard InChI is InChI=1S/C13H18N2O2/c1-10-9-15(5-6-17-10)13(16)8-11-3-2-4-12(14)7-11/h2-4,7,10H,5-6,8-9,14H2,1H3. The molecule has 0 spiro atoms. The van der Waals surface area contributed by atoms with Crippen molar-refractivity contribution in [2.75, 3.05) is 25.4 Å². The molecule has 4 nitrogen and oxygen atoms in total. The van der Waals surface area contributed by atoms with Crippen LogP contribution in [0.15, 0.2) is 24.3 Å². The molecule has 0 bridgehead atoms. The molecule has 2 rings (SSSR count). The Morgan fingerprint density at radius 3 is 3.12 bits per heavy atom. The van der Waals surface area contributed by atoms with Crippen molar-refractivity contribution >= 4 is 11.6 Å². The molecule has 92 valence electrons. The number of ether oxygens (including phenoxy) is 1. The van der Waals surface area contributed by atoms with E-state index in [0.29, 0.717) is 31.8 Å². The van der Waals surface area contributed by atoms with Gasteiger partial charge in [-0.25, -0.2) is 0 Å². The Labute approximate surface area is 101 Å². The molecule has 1 aromatic rings. The predicted octanol–water partition coefficient (Wildman–Crippen LogP) is 1.06. The van der Waals surface area contributed by atoms with Gasteiger partial charge in [-0.05, 0) is 24.6 Å². The Hall–Kier alpha value is -1.55. The quantitative estimate of drug-likeness (QED) is 0.778. The molecule has 1 aliphatic heterocycles. The summed E-state index contributed by atoms with van der Waals surface area (Å²) >= 11 is 0. The van der Waals surface area contributed by atoms with E-state index in [0.717, 1.165) is 5.56 Å². The van der Waals surface area contributed by atoms with Gasteiger partial charge in [-0.15, -0.1) is 0 Å². The van der Waals surface area contributed by atoms with Crippen molar-refractivity contribution in [3.63, 3.8) is 0 Å². The molecule has 0 aromatic heterocycles. The SMILES string of the molecule is CC1CN(C(=O)Cc2cccc(N)c2)CCO1. The number of nitrogens with zero attached hydrogens (tertiary/aromatic N) is 1. The van der Waals surface area contributed by atoms with Gasteiger partial charge in [-0.3, -0.25) is 4.79 Å². The van der Waals surface area contributed by atoms with Crippen LogP contribution in [0.5, 0.6) is 0 Å². The summed E-state index contributed by atoms with van der Waals surface area (Å²) in [5.74, 6) is 0.144. The maximum atomic E-state index is 12.1. The molecule has 1 atom stereocenters. The molecule has 1 aliphatic rings. The minimum absolute atomic E-state index is 0.133. The van der Waals surface area contributed by atoms with Crippen LogP contribution in [0.4, 0.5) is 5.69 Å². The molecule has 0 aliphatic carbocycles. The Balaban J connectivity index is 1.96. The average molecular weight is 234 g/mol. The highest BCUT2D eigenvalue weighted by Gasteiger charge is 2.21. The first kappa shape index (κ1) is 11.9. The van der Waals surface area contributed by atoms with Crippen LogP contribution < -0.4 is 5.73 Å². The second-order valence-electron chi connectivity index (χ2n) is 4.44. The molecule has 1 heterocycles. The van der Waals surface area contributed by atoms with Gasteiger partial charge < -0.3 is 15.4 Å². The molecule has 1 fully saturated rings. The van der Waals surface area contributed by atoms with Crippen molar-refractivity contribution in [3.8, 4) is 0 Å². The van der Waals surface area contributed by atoms with Crippen LogP contribution in [-0.2, 0) is 16.0 Å². The molecule has 1 amide bonds. The van der Waals surface area contributed by atoms with Crippen LogP contribution in [0, 0.1) is 0 Å². The molecular weight excluding hydrogens is 216 g/mol. The fourth-order valence-corrected chi connectivity index (χ4v) is 2.03. The zero-order valence-electron chi connectivity index (χ0n) is 10.1. The number of carbonyl (C=O) groups is 1.